The molecule has 0 saturated carbocycles. The fraction of sp³-hybridized carbons (Fsp3) is 0.440. The molecule has 9 nitrogen and oxygen atoms in total. The number of rotatable bonds is 8. The van der Waals surface area contributed by atoms with Gasteiger partial charge in [-0.05, 0) is 68.4 Å². The number of aliphatic hydroxyl groups is 3. The number of aldehydes is 1. The third-order valence-electron chi connectivity index (χ3n) is 6.07. The number of amides is 1. The number of nitrogens with zero attached hydrogens (tertiary/aromatic N) is 1. The molecular formula is C25H32N2O7. The molecule has 9 heteroatoms. The molecule has 6 atom stereocenters. The van der Waals surface area contributed by atoms with Crippen LogP contribution in [0.4, 0.5) is 0 Å². The van der Waals surface area contributed by atoms with Crippen LogP contribution in [0.5, 0.6) is 5.75 Å². The molecule has 2 aromatic carbocycles. The highest BCUT2D eigenvalue weighted by Gasteiger charge is 2.45. The zero-order valence-corrected chi connectivity index (χ0v) is 19.7. The highest BCUT2D eigenvalue weighted by molar-refractivity contribution is 5.95. The lowest BCUT2D eigenvalue weighted by Gasteiger charge is -2.41. The molecule has 1 heterocycles. The molecule has 1 amide bonds. The maximum absolute atomic E-state index is 11.9. The van der Waals surface area contributed by atoms with Crippen molar-refractivity contribution in [1.29, 1.82) is 0 Å². The number of likely N-dealkylation sites (N-methyl/N-ethyl adjacent to an activating group) is 1. The van der Waals surface area contributed by atoms with Gasteiger partial charge >= 0.3 is 0 Å². The first-order chi connectivity index (χ1) is 16.2. The summed E-state index contributed by atoms with van der Waals surface area (Å²) >= 11 is 0. The quantitative estimate of drug-likeness (QED) is 0.414. The van der Waals surface area contributed by atoms with E-state index < -0.39 is 36.7 Å². The van der Waals surface area contributed by atoms with Crippen molar-refractivity contribution in [2.45, 2.75) is 50.1 Å². The summed E-state index contributed by atoms with van der Waals surface area (Å²) in [4.78, 5) is 25.0. The topological polar surface area (TPSA) is 129 Å². The van der Waals surface area contributed by atoms with Crippen LogP contribution < -0.4 is 10.1 Å². The Labute approximate surface area is 198 Å². The summed E-state index contributed by atoms with van der Waals surface area (Å²) in [5.74, 6) is 0.250. The van der Waals surface area contributed by atoms with E-state index in [0.717, 1.165) is 23.0 Å². The van der Waals surface area contributed by atoms with Crippen LogP contribution in [0.1, 0.15) is 22.3 Å². The molecule has 0 radical (unpaired) electrons. The first-order valence-corrected chi connectivity index (χ1v) is 11.1. The lowest BCUT2D eigenvalue weighted by Crippen LogP contribution is -2.60. The molecule has 34 heavy (non-hydrogen) atoms. The summed E-state index contributed by atoms with van der Waals surface area (Å²) in [5, 5.41) is 33.8. The Morgan fingerprint density at radius 3 is 2.44 bits per heavy atom. The molecule has 184 valence electrons. The van der Waals surface area contributed by atoms with Gasteiger partial charge in [-0.25, -0.2) is 0 Å². The lowest BCUT2D eigenvalue weighted by atomic mass is 9.94. The molecule has 1 unspecified atom stereocenters. The van der Waals surface area contributed by atoms with Crippen LogP contribution >= 0.6 is 0 Å². The smallest absolute Gasteiger partial charge is 0.251 e. The van der Waals surface area contributed by atoms with Crippen molar-refractivity contribution in [2.24, 2.45) is 0 Å². The van der Waals surface area contributed by atoms with Crippen molar-refractivity contribution < 1.29 is 34.4 Å². The second-order valence-corrected chi connectivity index (χ2v) is 8.68. The average molecular weight is 473 g/mol. The number of carbonyl (C=O) groups excluding carboxylic acids is 2. The highest BCUT2D eigenvalue weighted by atomic mass is 16.7. The fourth-order valence-electron chi connectivity index (χ4n) is 3.91. The summed E-state index contributed by atoms with van der Waals surface area (Å²) in [6.45, 7) is 1.83. The van der Waals surface area contributed by atoms with Crippen LogP contribution in [0.25, 0.3) is 11.1 Å². The van der Waals surface area contributed by atoms with Gasteiger partial charge in [-0.1, -0.05) is 18.2 Å². The number of hydrogen-bond acceptors (Lipinski definition) is 8. The summed E-state index contributed by atoms with van der Waals surface area (Å²) in [6.07, 6.45) is -5.62. The molecule has 1 aliphatic rings. The van der Waals surface area contributed by atoms with Gasteiger partial charge in [-0.2, -0.15) is 0 Å². The molecule has 1 saturated heterocycles. The van der Waals surface area contributed by atoms with E-state index in [0.29, 0.717) is 11.3 Å². The highest BCUT2D eigenvalue weighted by Crippen LogP contribution is 2.31. The zero-order valence-electron chi connectivity index (χ0n) is 19.7. The van der Waals surface area contributed by atoms with Crippen molar-refractivity contribution in [2.75, 3.05) is 21.1 Å². The second kappa shape index (κ2) is 11.1. The van der Waals surface area contributed by atoms with Crippen LogP contribution in [0.3, 0.4) is 0 Å². The number of aliphatic hydroxyl groups excluding tert-OH is 3. The Morgan fingerprint density at radius 1 is 1.12 bits per heavy atom. The van der Waals surface area contributed by atoms with Gasteiger partial charge in [0.25, 0.3) is 5.91 Å². The fourth-order valence-corrected chi connectivity index (χ4v) is 3.91. The number of hydrogen-bond donors (Lipinski definition) is 4. The van der Waals surface area contributed by atoms with Crippen molar-refractivity contribution in [3.63, 3.8) is 0 Å². The Morgan fingerprint density at radius 2 is 1.82 bits per heavy atom. The predicted molar refractivity (Wildman–Crippen MR) is 125 cm³/mol. The van der Waals surface area contributed by atoms with E-state index in [4.69, 9.17) is 9.47 Å². The summed E-state index contributed by atoms with van der Waals surface area (Å²) in [7, 11) is 5.03. The van der Waals surface area contributed by atoms with E-state index in [1.54, 1.807) is 50.3 Å². The maximum Gasteiger partial charge on any atom is 0.251 e. The van der Waals surface area contributed by atoms with Gasteiger partial charge in [-0.3, -0.25) is 9.69 Å². The standard InChI is InChI=1S/C25H32N2O7/c1-14-10-16(15-6-5-7-17(11-15)24(32)26-2)8-9-19(14)33-25-23(31)22(30)21(29)20(34-25)12-18(13-28)27(3)4/h5-11,13,18,20-23,25,29-31H,12H2,1-4H3,(H,26,32)/t18?,20-,21+,22-,23+,25-/m0/s1. The minimum Gasteiger partial charge on any atom is -0.462 e. The van der Waals surface area contributed by atoms with Crippen LogP contribution in [0.2, 0.25) is 0 Å². The van der Waals surface area contributed by atoms with E-state index in [1.807, 2.05) is 25.1 Å². The SMILES string of the molecule is CNC(=O)c1cccc(-c2ccc(O[C@H]3O[C@@H](CC(C=O)N(C)C)[C@@H](O)[C@H](O)[C@H]3O)c(C)c2)c1. The van der Waals surface area contributed by atoms with E-state index in [9.17, 15) is 24.9 Å². The van der Waals surface area contributed by atoms with Crippen molar-refractivity contribution in [1.82, 2.24) is 10.2 Å². The normalized spacial score (nSPS) is 25.6. The molecular weight excluding hydrogens is 440 g/mol. The van der Waals surface area contributed by atoms with E-state index in [2.05, 4.69) is 5.32 Å². The van der Waals surface area contributed by atoms with E-state index >= 15 is 0 Å². The Balaban J connectivity index is 1.79. The molecule has 0 spiro atoms. The number of nitrogens with one attached hydrogen (secondary N) is 1. The van der Waals surface area contributed by atoms with Crippen LogP contribution in [-0.4, -0.2) is 90.3 Å². The minimum atomic E-state index is -1.50. The molecule has 3 rings (SSSR count). The summed E-state index contributed by atoms with van der Waals surface area (Å²) in [6, 6.07) is 12.1. The summed E-state index contributed by atoms with van der Waals surface area (Å²) in [5.41, 5.74) is 3.01. The van der Waals surface area contributed by atoms with Crippen molar-refractivity contribution in [3.8, 4) is 16.9 Å². The molecule has 1 aliphatic heterocycles. The monoisotopic (exact) mass is 472 g/mol. The van der Waals surface area contributed by atoms with Gasteiger partial charge in [0.2, 0.25) is 6.29 Å². The minimum absolute atomic E-state index is 0.126. The Kier molecular flexibility index (Phi) is 8.40. The molecule has 0 bridgehead atoms. The molecule has 0 aromatic heterocycles. The predicted octanol–water partition coefficient (Wildman–Crippen LogP) is 0.727. The maximum atomic E-state index is 11.9. The zero-order chi connectivity index (χ0) is 25.0. The van der Waals surface area contributed by atoms with Gasteiger partial charge in [-0.15, -0.1) is 0 Å². The van der Waals surface area contributed by atoms with Gasteiger partial charge in [0.05, 0.1) is 12.1 Å². The van der Waals surface area contributed by atoms with E-state index in [-0.39, 0.29) is 12.3 Å². The first-order valence-electron chi connectivity index (χ1n) is 11.1. The number of aryl methyl sites for hydroxylation is 1. The Hall–Kier alpha value is -2.82. The van der Waals surface area contributed by atoms with Crippen LogP contribution in [-0.2, 0) is 9.53 Å². The van der Waals surface area contributed by atoms with Crippen molar-refractivity contribution >= 4 is 12.2 Å². The molecule has 1 fully saturated rings. The Bertz CT molecular complexity index is 1010. The van der Waals surface area contributed by atoms with Crippen LogP contribution in [0, 0.1) is 6.92 Å². The van der Waals surface area contributed by atoms with Gasteiger partial charge in [0.15, 0.2) is 0 Å². The van der Waals surface area contributed by atoms with Gasteiger partial charge in [0, 0.05) is 12.6 Å². The number of benzene rings is 2. The molecule has 4 N–H and O–H groups in total. The molecule has 2 aromatic rings. The first kappa shape index (κ1) is 25.8. The third kappa shape index (κ3) is 5.63. The largest absolute Gasteiger partial charge is 0.462 e. The third-order valence-corrected chi connectivity index (χ3v) is 6.07. The second-order valence-electron chi connectivity index (χ2n) is 8.68. The lowest BCUT2D eigenvalue weighted by molar-refractivity contribution is -0.274. The molecule has 0 aliphatic carbocycles. The van der Waals surface area contributed by atoms with Crippen molar-refractivity contribution in [3.05, 3.63) is 53.6 Å². The van der Waals surface area contributed by atoms with Gasteiger partial charge in [0.1, 0.15) is 30.3 Å². The van der Waals surface area contributed by atoms with Crippen LogP contribution in [0.15, 0.2) is 42.5 Å². The number of ether oxygens (including phenoxy) is 2. The van der Waals surface area contributed by atoms with E-state index in [1.165, 1.54) is 0 Å². The van der Waals surface area contributed by atoms with Gasteiger partial charge < -0.3 is 34.9 Å². The average Bonchev–Trinajstić information content (AvgIpc) is 2.83. The number of carbonyl (C=O) groups is 2. The summed E-state index contributed by atoms with van der Waals surface area (Å²) < 4.78 is 11.7.